The summed E-state index contributed by atoms with van der Waals surface area (Å²) in [5, 5.41) is 0.873. The van der Waals surface area contributed by atoms with E-state index in [1.165, 1.54) is 13.2 Å². The summed E-state index contributed by atoms with van der Waals surface area (Å²) in [5.41, 5.74) is 4.30. The second-order valence-electron chi connectivity index (χ2n) is 7.13. The summed E-state index contributed by atoms with van der Waals surface area (Å²) in [5.74, 6) is 0.292. The molecule has 0 N–H and O–H groups in total. The lowest BCUT2D eigenvalue weighted by atomic mass is 9.99. The van der Waals surface area contributed by atoms with Gasteiger partial charge in [0, 0.05) is 17.5 Å². The van der Waals surface area contributed by atoms with E-state index in [1.807, 2.05) is 48.5 Å². The lowest BCUT2D eigenvalue weighted by Crippen LogP contribution is -2.03. The highest BCUT2D eigenvalue weighted by atomic mass is 16.5. The van der Waals surface area contributed by atoms with Crippen molar-refractivity contribution in [1.82, 2.24) is 0 Å². The maximum Gasteiger partial charge on any atom is 0.337 e. The molecule has 0 aliphatic heterocycles. The number of benzene rings is 3. The van der Waals surface area contributed by atoms with Crippen LogP contribution in [0.1, 0.15) is 28.4 Å². The second-order valence-corrected chi connectivity index (χ2v) is 7.13. The highest BCUT2D eigenvalue weighted by Gasteiger charge is 2.13. The van der Waals surface area contributed by atoms with Crippen molar-refractivity contribution < 1.29 is 18.7 Å². The van der Waals surface area contributed by atoms with Gasteiger partial charge in [0.1, 0.15) is 17.9 Å². The molecule has 1 aromatic heterocycles. The summed E-state index contributed by atoms with van der Waals surface area (Å²) >= 11 is 0. The number of hydrogen-bond donors (Lipinski definition) is 0. The zero-order valence-electron chi connectivity index (χ0n) is 17.4. The van der Waals surface area contributed by atoms with E-state index in [9.17, 15) is 9.59 Å². The maximum absolute atomic E-state index is 12.2. The first-order valence-electron chi connectivity index (χ1n) is 10.0. The van der Waals surface area contributed by atoms with Gasteiger partial charge >= 0.3 is 11.6 Å². The molecule has 0 saturated heterocycles. The number of rotatable bonds is 6. The van der Waals surface area contributed by atoms with Gasteiger partial charge < -0.3 is 13.9 Å². The minimum absolute atomic E-state index is 0.322. The van der Waals surface area contributed by atoms with Gasteiger partial charge in [-0.05, 0) is 46.9 Å². The van der Waals surface area contributed by atoms with Crippen LogP contribution in [0.2, 0.25) is 0 Å². The van der Waals surface area contributed by atoms with Crippen LogP contribution in [0, 0.1) is 0 Å². The van der Waals surface area contributed by atoms with Crippen LogP contribution < -0.4 is 10.4 Å². The van der Waals surface area contributed by atoms with Crippen molar-refractivity contribution >= 4 is 16.9 Å². The number of hydrogen-bond acceptors (Lipinski definition) is 5. The maximum atomic E-state index is 12.2. The molecule has 0 spiro atoms. The molecule has 0 bridgehead atoms. The number of methoxy groups -OCH3 is 1. The van der Waals surface area contributed by atoms with E-state index < -0.39 is 5.63 Å². The summed E-state index contributed by atoms with van der Waals surface area (Å²) in [6.07, 6.45) is 0.764. The number of carbonyl (C=O) groups excluding carboxylic acids is 1. The summed E-state index contributed by atoms with van der Waals surface area (Å²) < 4.78 is 16.3. The third-order valence-electron chi connectivity index (χ3n) is 5.16. The van der Waals surface area contributed by atoms with Crippen LogP contribution in [0.25, 0.3) is 22.1 Å². The molecule has 0 radical (unpaired) electrons. The van der Waals surface area contributed by atoms with Crippen LogP contribution in [-0.4, -0.2) is 13.1 Å². The molecular weight excluding hydrogens is 392 g/mol. The lowest BCUT2D eigenvalue weighted by Gasteiger charge is -2.13. The molecule has 0 saturated carbocycles. The fourth-order valence-corrected chi connectivity index (χ4v) is 3.52. The average Bonchev–Trinajstić information content (AvgIpc) is 2.82. The van der Waals surface area contributed by atoms with Gasteiger partial charge in [0.05, 0.1) is 12.7 Å². The summed E-state index contributed by atoms with van der Waals surface area (Å²) in [6, 6.07) is 22.2. The van der Waals surface area contributed by atoms with Crippen molar-refractivity contribution in [1.29, 1.82) is 0 Å². The normalized spacial score (nSPS) is 10.8. The first kappa shape index (κ1) is 20.4. The summed E-state index contributed by atoms with van der Waals surface area (Å²) in [7, 11) is 1.35. The van der Waals surface area contributed by atoms with Crippen LogP contribution in [0.4, 0.5) is 0 Å². The molecule has 0 amide bonds. The lowest BCUT2D eigenvalue weighted by molar-refractivity contribution is 0.0600. The first-order chi connectivity index (χ1) is 15.1. The molecule has 5 heteroatoms. The minimum atomic E-state index is -0.403. The largest absolute Gasteiger partial charge is 0.488 e. The Labute approximate surface area is 179 Å². The number of fused-ring (bicyclic) bond motifs is 1. The topological polar surface area (TPSA) is 65.7 Å². The fourth-order valence-electron chi connectivity index (χ4n) is 3.52. The molecule has 156 valence electrons. The van der Waals surface area contributed by atoms with Gasteiger partial charge in [0.2, 0.25) is 0 Å². The quantitative estimate of drug-likeness (QED) is 0.313. The first-order valence-corrected chi connectivity index (χ1v) is 10.0. The van der Waals surface area contributed by atoms with Gasteiger partial charge in [-0.2, -0.15) is 0 Å². The molecule has 0 aliphatic carbocycles. The monoisotopic (exact) mass is 414 g/mol. The molecule has 5 nitrogen and oxygen atoms in total. The van der Waals surface area contributed by atoms with Crippen LogP contribution in [0.3, 0.4) is 0 Å². The smallest absolute Gasteiger partial charge is 0.337 e. The Morgan fingerprint density at radius 1 is 0.968 bits per heavy atom. The van der Waals surface area contributed by atoms with E-state index in [1.54, 1.807) is 18.2 Å². The number of ether oxygens (including phenoxy) is 2. The van der Waals surface area contributed by atoms with Crippen LogP contribution >= 0.6 is 0 Å². The Morgan fingerprint density at radius 2 is 1.71 bits per heavy atom. The highest BCUT2D eigenvalue weighted by Crippen LogP contribution is 2.33. The molecule has 3 aromatic carbocycles. The van der Waals surface area contributed by atoms with E-state index in [-0.39, 0.29) is 5.97 Å². The van der Waals surface area contributed by atoms with E-state index in [0.717, 1.165) is 34.1 Å². The Bertz CT molecular complexity index is 1270. The number of esters is 1. The minimum Gasteiger partial charge on any atom is -0.488 e. The molecule has 0 fully saturated rings. The van der Waals surface area contributed by atoms with Gasteiger partial charge in [-0.25, -0.2) is 9.59 Å². The molecular formula is C26H22O5. The van der Waals surface area contributed by atoms with Crippen molar-refractivity contribution in [2.24, 2.45) is 0 Å². The van der Waals surface area contributed by atoms with Gasteiger partial charge in [-0.3, -0.25) is 0 Å². The number of carbonyl (C=O) groups is 1. The predicted molar refractivity (Wildman–Crippen MR) is 119 cm³/mol. The number of aryl methyl sites for hydroxylation is 1. The molecule has 1 heterocycles. The molecule has 0 atom stereocenters. The van der Waals surface area contributed by atoms with E-state index in [0.29, 0.717) is 23.5 Å². The third kappa shape index (κ3) is 4.36. The van der Waals surface area contributed by atoms with Crippen molar-refractivity contribution in [3.05, 3.63) is 99.9 Å². The van der Waals surface area contributed by atoms with Gasteiger partial charge in [-0.15, -0.1) is 0 Å². The van der Waals surface area contributed by atoms with Crippen molar-refractivity contribution in [2.45, 2.75) is 20.0 Å². The average molecular weight is 414 g/mol. The van der Waals surface area contributed by atoms with E-state index >= 15 is 0 Å². The zero-order chi connectivity index (χ0) is 21.8. The van der Waals surface area contributed by atoms with Gasteiger partial charge in [0.25, 0.3) is 0 Å². The van der Waals surface area contributed by atoms with Gasteiger partial charge in [-0.1, -0.05) is 49.4 Å². The van der Waals surface area contributed by atoms with E-state index in [4.69, 9.17) is 13.9 Å². The standard InChI is InChI=1S/C26H22O5/c1-3-18-13-22-21(19-7-5-4-6-8-19)14-25(27)31-24(22)15-23(18)30-16-17-9-11-20(12-10-17)26(28)29-2/h4-15H,3,16H2,1-2H3. The van der Waals surface area contributed by atoms with Crippen molar-refractivity contribution in [3.8, 4) is 16.9 Å². The Balaban J connectivity index is 1.67. The van der Waals surface area contributed by atoms with Crippen molar-refractivity contribution in [3.63, 3.8) is 0 Å². The fraction of sp³-hybridized carbons (Fsp3) is 0.154. The van der Waals surface area contributed by atoms with Crippen molar-refractivity contribution in [2.75, 3.05) is 7.11 Å². The summed E-state index contributed by atoms with van der Waals surface area (Å²) in [4.78, 5) is 23.8. The Morgan fingerprint density at radius 3 is 2.39 bits per heavy atom. The summed E-state index contributed by atoms with van der Waals surface area (Å²) in [6.45, 7) is 2.38. The predicted octanol–water partition coefficient (Wildman–Crippen LogP) is 5.39. The molecule has 31 heavy (non-hydrogen) atoms. The Hall–Kier alpha value is -3.86. The second kappa shape index (κ2) is 8.88. The highest BCUT2D eigenvalue weighted by molar-refractivity contribution is 5.94. The SMILES string of the molecule is CCc1cc2c(-c3ccccc3)cc(=O)oc2cc1OCc1ccc(C(=O)OC)cc1. The molecule has 4 rings (SSSR count). The van der Waals surface area contributed by atoms with Crippen LogP contribution in [0.15, 0.2) is 82.0 Å². The van der Waals surface area contributed by atoms with Crippen LogP contribution in [-0.2, 0) is 17.8 Å². The zero-order valence-corrected chi connectivity index (χ0v) is 17.4. The molecule has 0 aliphatic rings. The molecule has 4 aromatic rings. The van der Waals surface area contributed by atoms with Gasteiger partial charge in [0.15, 0.2) is 0 Å². The molecule has 0 unspecified atom stereocenters. The van der Waals surface area contributed by atoms with E-state index in [2.05, 4.69) is 6.92 Å². The third-order valence-corrected chi connectivity index (χ3v) is 5.16. The Kier molecular flexibility index (Phi) is 5.85. The van der Waals surface area contributed by atoms with Crippen LogP contribution in [0.5, 0.6) is 5.75 Å².